The molecule has 2 rings (SSSR count). The lowest BCUT2D eigenvalue weighted by Crippen LogP contribution is -2.61. The molecule has 2 saturated heterocycles. The highest BCUT2D eigenvalue weighted by molar-refractivity contribution is 5.70. The summed E-state index contributed by atoms with van der Waals surface area (Å²) in [4.78, 5) is 25.7. The highest BCUT2D eigenvalue weighted by Crippen LogP contribution is 2.27. The zero-order valence-corrected chi connectivity index (χ0v) is 40.5. The molecule has 65 heavy (non-hydrogen) atoms. The summed E-state index contributed by atoms with van der Waals surface area (Å²) in [5.74, 6) is -0.910. The van der Waals surface area contributed by atoms with E-state index in [1.165, 1.54) is 135 Å². The van der Waals surface area contributed by atoms with Gasteiger partial charge >= 0.3 is 11.9 Å². The van der Waals surface area contributed by atoms with Gasteiger partial charge in [-0.25, -0.2) is 0 Å². The molecular formula is C50H94O15. The summed E-state index contributed by atoms with van der Waals surface area (Å²) in [5, 5.41) is 72.0. The van der Waals surface area contributed by atoms with Crippen molar-refractivity contribution in [2.24, 2.45) is 0 Å². The fraction of sp³-hybridized carbons (Fsp3) is 0.960. The van der Waals surface area contributed by atoms with Gasteiger partial charge in [-0.3, -0.25) is 9.59 Å². The smallest absolute Gasteiger partial charge is 0.306 e. The number of esters is 2. The van der Waals surface area contributed by atoms with E-state index in [0.717, 1.165) is 38.5 Å². The summed E-state index contributed by atoms with van der Waals surface area (Å²) in [6.07, 6.45) is 18.4. The minimum absolute atomic E-state index is 0.173. The van der Waals surface area contributed by atoms with Crippen molar-refractivity contribution in [3.63, 3.8) is 0 Å². The second-order valence-corrected chi connectivity index (χ2v) is 18.7. The molecule has 384 valence electrons. The first kappa shape index (κ1) is 59.6. The summed E-state index contributed by atoms with van der Waals surface area (Å²) in [7, 11) is 0. The summed E-state index contributed by atoms with van der Waals surface area (Å²) >= 11 is 0. The third kappa shape index (κ3) is 26.7. The van der Waals surface area contributed by atoms with Crippen LogP contribution in [0.5, 0.6) is 0 Å². The van der Waals surface area contributed by atoms with Crippen LogP contribution in [0.25, 0.3) is 0 Å². The van der Waals surface area contributed by atoms with Gasteiger partial charge in [0.1, 0.15) is 55.4 Å². The van der Waals surface area contributed by atoms with Gasteiger partial charge in [0.15, 0.2) is 18.7 Å². The molecule has 0 aromatic heterocycles. The first-order chi connectivity index (χ1) is 31.5. The summed E-state index contributed by atoms with van der Waals surface area (Å²) < 4.78 is 33.6. The average Bonchev–Trinajstić information content (AvgIpc) is 3.30. The van der Waals surface area contributed by atoms with Crippen molar-refractivity contribution in [2.75, 3.05) is 26.4 Å². The first-order valence-electron chi connectivity index (χ1n) is 26.1. The maximum Gasteiger partial charge on any atom is 0.306 e. The number of unbranched alkanes of at least 4 members (excludes halogenated alkanes) is 27. The predicted octanol–water partition coefficient (Wildman–Crippen LogP) is 7.22. The Bertz CT molecular complexity index is 1150. The minimum Gasteiger partial charge on any atom is -0.462 e. The molecule has 0 saturated carbocycles. The molecule has 0 aromatic carbocycles. The van der Waals surface area contributed by atoms with Crippen molar-refractivity contribution in [2.45, 2.75) is 280 Å². The Balaban J connectivity index is 1.80. The molecular weight excluding hydrogens is 841 g/mol. The zero-order chi connectivity index (χ0) is 47.5. The molecule has 15 heteroatoms. The van der Waals surface area contributed by atoms with Crippen LogP contribution in [0.3, 0.4) is 0 Å². The van der Waals surface area contributed by atoms with Crippen LogP contribution < -0.4 is 0 Å². The Morgan fingerprint density at radius 1 is 0.431 bits per heavy atom. The fourth-order valence-corrected chi connectivity index (χ4v) is 8.51. The second-order valence-electron chi connectivity index (χ2n) is 18.7. The second kappa shape index (κ2) is 38.4. The summed E-state index contributed by atoms with van der Waals surface area (Å²) in [5.41, 5.74) is 0. The molecule has 2 heterocycles. The number of aliphatic hydroxyl groups is 7. The zero-order valence-electron chi connectivity index (χ0n) is 40.5. The van der Waals surface area contributed by atoms with E-state index in [1.54, 1.807) is 0 Å². The molecule has 0 spiro atoms. The molecule has 2 fully saturated rings. The Kier molecular flexibility index (Phi) is 35.2. The monoisotopic (exact) mass is 935 g/mol. The van der Waals surface area contributed by atoms with Gasteiger partial charge in [-0.05, 0) is 12.8 Å². The molecule has 15 nitrogen and oxygen atoms in total. The van der Waals surface area contributed by atoms with Crippen molar-refractivity contribution in [3.8, 4) is 0 Å². The van der Waals surface area contributed by atoms with E-state index >= 15 is 0 Å². The predicted molar refractivity (Wildman–Crippen MR) is 248 cm³/mol. The molecule has 11 unspecified atom stereocenters. The van der Waals surface area contributed by atoms with Crippen molar-refractivity contribution in [3.05, 3.63) is 0 Å². The molecule has 11 atom stereocenters. The van der Waals surface area contributed by atoms with E-state index in [1.807, 2.05) is 0 Å². The van der Waals surface area contributed by atoms with Crippen LogP contribution in [0.4, 0.5) is 0 Å². The van der Waals surface area contributed by atoms with Crippen LogP contribution >= 0.6 is 0 Å². The average molecular weight is 935 g/mol. The normalized spacial score (nSPS) is 26.3. The summed E-state index contributed by atoms with van der Waals surface area (Å²) in [6, 6.07) is 0. The van der Waals surface area contributed by atoms with Crippen LogP contribution in [0.15, 0.2) is 0 Å². The molecule has 2 aliphatic heterocycles. The van der Waals surface area contributed by atoms with E-state index in [4.69, 9.17) is 28.4 Å². The number of carbonyl (C=O) groups is 2. The maximum absolute atomic E-state index is 13.0. The van der Waals surface area contributed by atoms with Gasteiger partial charge in [-0.2, -0.15) is 0 Å². The number of hydrogen-bond acceptors (Lipinski definition) is 15. The van der Waals surface area contributed by atoms with Gasteiger partial charge in [0.2, 0.25) is 0 Å². The number of carbonyl (C=O) groups excluding carboxylic acids is 2. The van der Waals surface area contributed by atoms with Crippen molar-refractivity contribution < 1.29 is 73.8 Å². The van der Waals surface area contributed by atoms with Crippen LogP contribution in [-0.2, 0) is 38.0 Å². The fourth-order valence-electron chi connectivity index (χ4n) is 8.51. The Morgan fingerprint density at radius 3 is 1.20 bits per heavy atom. The lowest BCUT2D eigenvalue weighted by atomic mass is 9.98. The van der Waals surface area contributed by atoms with Crippen molar-refractivity contribution in [1.82, 2.24) is 0 Å². The van der Waals surface area contributed by atoms with Gasteiger partial charge in [0, 0.05) is 12.8 Å². The molecule has 7 N–H and O–H groups in total. The lowest BCUT2D eigenvalue weighted by molar-refractivity contribution is -0.332. The van der Waals surface area contributed by atoms with Crippen LogP contribution in [-0.4, -0.2) is 142 Å². The van der Waals surface area contributed by atoms with Gasteiger partial charge < -0.3 is 64.2 Å². The molecule has 0 bridgehead atoms. The molecule has 0 radical (unpaired) electrons. The lowest BCUT2D eigenvalue weighted by Gasteiger charge is -2.42. The van der Waals surface area contributed by atoms with E-state index in [2.05, 4.69) is 13.8 Å². The molecule has 2 aliphatic rings. The Labute approximate surface area is 391 Å². The van der Waals surface area contributed by atoms with E-state index in [9.17, 15) is 45.3 Å². The number of hydrogen-bond donors (Lipinski definition) is 7. The highest BCUT2D eigenvalue weighted by Gasteiger charge is 2.47. The largest absolute Gasteiger partial charge is 0.462 e. The SMILES string of the molecule is CCCCCCCCCCCCCCCCCCC(=O)OC(COC(=O)CCCCCCCCCCCCCCC)COC1OC(COC2OC(CO)C(O)C(O)C2O)C(O)C(O)C1O. The van der Waals surface area contributed by atoms with Gasteiger partial charge in [0.05, 0.1) is 19.8 Å². The maximum atomic E-state index is 13.0. The number of aliphatic hydroxyl groups excluding tert-OH is 7. The van der Waals surface area contributed by atoms with Crippen LogP contribution in [0, 0.1) is 0 Å². The van der Waals surface area contributed by atoms with E-state index in [0.29, 0.717) is 12.8 Å². The number of rotatable bonds is 41. The van der Waals surface area contributed by atoms with Gasteiger partial charge in [0.25, 0.3) is 0 Å². The standard InChI is InChI=1S/C50H94O15/c1-3-5-7-9-11-13-15-17-18-19-21-23-25-27-29-31-33-42(53)63-38(35-60-41(52)32-30-28-26-24-22-20-16-14-12-10-8-6-4-2)36-61-49-48(59)46(57)44(55)40(65-49)37-62-50-47(58)45(56)43(54)39(34-51)64-50/h38-40,43-51,54-59H,3-37H2,1-2H3. The van der Waals surface area contributed by atoms with Crippen molar-refractivity contribution in [1.29, 1.82) is 0 Å². The molecule has 0 amide bonds. The van der Waals surface area contributed by atoms with E-state index < -0.39 is 92.7 Å². The van der Waals surface area contributed by atoms with Crippen LogP contribution in [0.1, 0.15) is 213 Å². The van der Waals surface area contributed by atoms with Crippen LogP contribution in [0.2, 0.25) is 0 Å². The van der Waals surface area contributed by atoms with Gasteiger partial charge in [-0.15, -0.1) is 0 Å². The molecule has 0 aliphatic carbocycles. The third-order valence-corrected chi connectivity index (χ3v) is 12.8. The van der Waals surface area contributed by atoms with Crippen molar-refractivity contribution >= 4 is 11.9 Å². The first-order valence-corrected chi connectivity index (χ1v) is 26.1. The topological polar surface area (TPSA) is 231 Å². The summed E-state index contributed by atoms with van der Waals surface area (Å²) in [6.45, 7) is 2.62. The Morgan fingerprint density at radius 2 is 0.785 bits per heavy atom. The quantitative estimate of drug-likeness (QED) is 0.0237. The van der Waals surface area contributed by atoms with E-state index in [-0.39, 0.29) is 26.1 Å². The van der Waals surface area contributed by atoms with Gasteiger partial charge in [-0.1, -0.05) is 187 Å². The Hall–Kier alpha value is -1.50. The third-order valence-electron chi connectivity index (χ3n) is 12.8. The number of ether oxygens (including phenoxy) is 6. The molecule has 0 aromatic rings. The highest BCUT2D eigenvalue weighted by atomic mass is 16.7. The minimum atomic E-state index is -1.76.